The fraction of sp³-hybridized carbons (Fsp3) is 0.933. The molecule has 0 radical (unpaired) electrons. The van der Waals surface area contributed by atoms with Crippen LogP contribution in [0.2, 0.25) is 0 Å². The quantitative estimate of drug-likeness (QED) is 0.794. The molecule has 1 N–H and O–H groups in total. The molecule has 2 atom stereocenters. The van der Waals surface area contributed by atoms with Gasteiger partial charge in [-0.05, 0) is 37.5 Å². The Hall–Kier alpha value is -0.610. The molecule has 0 bridgehead atoms. The number of hydrogen-bond donors (Lipinski definition) is 1. The molecule has 0 amide bonds. The van der Waals surface area contributed by atoms with Crippen LogP contribution >= 0.6 is 0 Å². The van der Waals surface area contributed by atoms with Gasteiger partial charge in [0.05, 0.1) is 5.60 Å². The summed E-state index contributed by atoms with van der Waals surface area (Å²) < 4.78 is 11.2. The van der Waals surface area contributed by atoms with Gasteiger partial charge in [-0.2, -0.15) is 0 Å². The number of carbonyl (C=O) groups is 1. The van der Waals surface area contributed by atoms with E-state index in [9.17, 15) is 4.79 Å². The van der Waals surface area contributed by atoms with Gasteiger partial charge in [0.25, 0.3) is 0 Å². The first-order chi connectivity index (χ1) is 8.78. The number of rotatable bonds is 4. The van der Waals surface area contributed by atoms with Crippen molar-refractivity contribution in [2.45, 2.75) is 58.7 Å². The van der Waals surface area contributed by atoms with Gasteiger partial charge in [0, 0.05) is 13.1 Å². The van der Waals surface area contributed by atoms with Crippen molar-refractivity contribution in [3.63, 3.8) is 0 Å². The summed E-state index contributed by atoms with van der Waals surface area (Å²) in [5, 5.41) is 3.15. The van der Waals surface area contributed by atoms with Gasteiger partial charge >= 0.3 is 5.97 Å². The Balaban J connectivity index is 1.75. The first-order valence-electron chi connectivity index (χ1n) is 7.32. The Morgan fingerprint density at radius 1 is 1.26 bits per heavy atom. The molecular formula is C15H27NO3. The molecule has 2 aliphatic rings. The summed E-state index contributed by atoms with van der Waals surface area (Å²) >= 11 is 0. The average Bonchev–Trinajstić information content (AvgIpc) is 2.20. The minimum Gasteiger partial charge on any atom is -0.461 e. The highest BCUT2D eigenvalue weighted by atomic mass is 16.6. The second-order valence-electron chi connectivity index (χ2n) is 7.37. The van der Waals surface area contributed by atoms with Gasteiger partial charge in [-0.3, -0.25) is 0 Å². The first-order valence-corrected chi connectivity index (χ1v) is 7.32. The number of hydrogen-bond acceptors (Lipinski definition) is 4. The topological polar surface area (TPSA) is 47.6 Å². The monoisotopic (exact) mass is 269 g/mol. The Morgan fingerprint density at radius 3 is 2.47 bits per heavy atom. The van der Waals surface area contributed by atoms with Crippen molar-refractivity contribution < 1.29 is 14.3 Å². The normalized spacial score (nSPS) is 32.4. The zero-order chi connectivity index (χ0) is 14.1. The Labute approximate surface area is 116 Å². The Bertz CT molecular complexity index is 336. The molecular weight excluding hydrogens is 242 g/mol. The summed E-state index contributed by atoms with van der Waals surface area (Å²) in [5.74, 6) is 0.402. The second kappa shape index (κ2) is 5.41. The summed E-state index contributed by atoms with van der Waals surface area (Å²) in [4.78, 5) is 11.8. The van der Waals surface area contributed by atoms with Gasteiger partial charge in [0.15, 0.2) is 0 Å². The predicted molar refractivity (Wildman–Crippen MR) is 73.9 cm³/mol. The van der Waals surface area contributed by atoms with Crippen LogP contribution in [0.5, 0.6) is 0 Å². The lowest BCUT2D eigenvalue weighted by Gasteiger charge is -2.40. The van der Waals surface area contributed by atoms with E-state index < -0.39 is 0 Å². The summed E-state index contributed by atoms with van der Waals surface area (Å²) in [7, 11) is 0. The third-order valence-electron chi connectivity index (χ3n) is 4.18. The third kappa shape index (κ3) is 4.18. The van der Waals surface area contributed by atoms with E-state index in [1.165, 1.54) is 6.42 Å². The molecule has 1 heterocycles. The van der Waals surface area contributed by atoms with E-state index in [2.05, 4.69) is 26.1 Å². The molecule has 1 aliphatic carbocycles. The van der Waals surface area contributed by atoms with Crippen molar-refractivity contribution >= 4 is 5.97 Å². The fourth-order valence-electron chi connectivity index (χ4n) is 3.38. The molecule has 0 aromatic heterocycles. The van der Waals surface area contributed by atoms with E-state index in [4.69, 9.17) is 9.47 Å². The van der Waals surface area contributed by atoms with Crippen molar-refractivity contribution in [2.75, 3.05) is 19.7 Å². The zero-order valence-electron chi connectivity index (χ0n) is 12.6. The summed E-state index contributed by atoms with van der Waals surface area (Å²) in [5.41, 5.74) is 0.0888. The van der Waals surface area contributed by atoms with Crippen molar-refractivity contribution in [1.29, 1.82) is 0 Å². The maximum atomic E-state index is 11.8. The minimum atomic E-state index is -0.219. The van der Waals surface area contributed by atoms with Gasteiger partial charge in [-0.15, -0.1) is 0 Å². The van der Waals surface area contributed by atoms with Gasteiger partial charge < -0.3 is 14.8 Å². The number of carbonyl (C=O) groups excluding carboxylic acids is 1. The van der Waals surface area contributed by atoms with Crippen molar-refractivity contribution in [2.24, 2.45) is 11.3 Å². The van der Waals surface area contributed by atoms with Crippen LogP contribution in [0.4, 0.5) is 0 Å². The minimum absolute atomic E-state index is 0.0576. The molecule has 2 rings (SSSR count). The second-order valence-corrected chi connectivity index (χ2v) is 7.37. The van der Waals surface area contributed by atoms with E-state index in [0.717, 1.165) is 25.9 Å². The van der Waals surface area contributed by atoms with Crippen LogP contribution in [0.1, 0.15) is 47.0 Å². The molecule has 19 heavy (non-hydrogen) atoms. The molecule has 2 fully saturated rings. The van der Waals surface area contributed by atoms with E-state index in [0.29, 0.717) is 5.92 Å². The first kappa shape index (κ1) is 14.8. The highest BCUT2D eigenvalue weighted by molar-refractivity contribution is 5.71. The average molecular weight is 269 g/mol. The van der Waals surface area contributed by atoms with Gasteiger partial charge in [0.2, 0.25) is 0 Å². The zero-order valence-corrected chi connectivity index (χ0v) is 12.6. The molecule has 4 nitrogen and oxygen atoms in total. The van der Waals surface area contributed by atoms with Gasteiger partial charge in [-0.1, -0.05) is 20.8 Å². The molecule has 1 saturated carbocycles. The largest absolute Gasteiger partial charge is 0.461 e. The van der Waals surface area contributed by atoms with Gasteiger partial charge in [0.1, 0.15) is 12.7 Å². The molecule has 1 saturated heterocycles. The Kier molecular flexibility index (Phi) is 4.21. The molecule has 0 aromatic rings. The van der Waals surface area contributed by atoms with Crippen LogP contribution in [0, 0.1) is 11.3 Å². The predicted octanol–water partition coefficient (Wildman–Crippen LogP) is 2.12. The van der Waals surface area contributed by atoms with E-state index in [-0.39, 0.29) is 29.7 Å². The van der Waals surface area contributed by atoms with Crippen LogP contribution in [0.15, 0.2) is 0 Å². The summed E-state index contributed by atoms with van der Waals surface area (Å²) in [6.45, 7) is 10.5. The smallest absolute Gasteiger partial charge is 0.332 e. The van der Waals surface area contributed by atoms with Crippen LogP contribution in [-0.2, 0) is 14.3 Å². The third-order valence-corrected chi connectivity index (χ3v) is 4.18. The van der Waals surface area contributed by atoms with Gasteiger partial charge in [-0.25, -0.2) is 4.79 Å². The molecule has 4 heteroatoms. The van der Waals surface area contributed by atoms with Crippen LogP contribution < -0.4 is 5.32 Å². The van der Waals surface area contributed by atoms with Crippen LogP contribution in [-0.4, -0.2) is 37.4 Å². The molecule has 1 aliphatic heterocycles. The van der Waals surface area contributed by atoms with Crippen LogP contribution in [0.25, 0.3) is 0 Å². The van der Waals surface area contributed by atoms with Crippen LogP contribution in [0.3, 0.4) is 0 Å². The van der Waals surface area contributed by atoms with Crippen molar-refractivity contribution in [3.8, 4) is 0 Å². The molecule has 0 spiro atoms. The summed E-state index contributed by atoms with van der Waals surface area (Å²) in [6.07, 6.45) is 3.21. The van der Waals surface area contributed by atoms with E-state index in [1.807, 2.05) is 6.92 Å². The Morgan fingerprint density at radius 2 is 1.95 bits per heavy atom. The van der Waals surface area contributed by atoms with E-state index in [1.54, 1.807) is 0 Å². The standard InChI is InChI=1S/C15H27NO3/c1-11-5-12(7-14(2,3)6-11)19-13(17)8-18-15(4)9-16-10-15/h11-12,16H,5-10H2,1-4H3. The molecule has 110 valence electrons. The molecule has 0 aromatic carbocycles. The highest BCUT2D eigenvalue weighted by Gasteiger charge is 2.36. The van der Waals surface area contributed by atoms with Crippen molar-refractivity contribution in [1.82, 2.24) is 5.32 Å². The fourth-order valence-corrected chi connectivity index (χ4v) is 3.38. The maximum Gasteiger partial charge on any atom is 0.332 e. The number of nitrogens with one attached hydrogen (secondary N) is 1. The molecule has 2 unspecified atom stereocenters. The lowest BCUT2D eigenvalue weighted by molar-refractivity contribution is -0.167. The number of esters is 1. The lowest BCUT2D eigenvalue weighted by Crippen LogP contribution is -2.59. The van der Waals surface area contributed by atoms with E-state index >= 15 is 0 Å². The lowest BCUT2D eigenvalue weighted by atomic mass is 9.71. The maximum absolute atomic E-state index is 11.8. The number of ether oxygens (including phenoxy) is 2. The summed E-state index contributed by atoms with van der Waals surface area (Å²) in [6, 6.07) is 0. The highest BCUT2D eigenvalue weighted by Crippen LogP contribution is 2.39. The van der Waals surface area contributed by atoms with Crippen molar-refractivity contribution in [3.05, 3.63) is 0 Å². The SMILES string of the molecule is CC1CC(OC(=O)COC2(C)CNC2)CC(C)(C)C1.